The summed E-state index contributed by atoms with van der Waals surface area (Å²) in [6, 6.07) is 0. The molecule has 21 rings (SSSR count). The molecule has 21 aliphatic heterocycles. The van der Waals surface area contributed by atoms with E-state index in [4.69, 9.17) is 162 Å². The van der Waals surface area contributed by atoms with Crippen molar-refractivity contribution in [2.75, 3.05) is 46.2 Å². The van der Waals surface area contributed by atoms with E-state index in [2.05, 4.69) is 0 Å². The molecule has 0 aliphatic carbocycles. The first-order valence-electron chi connectivity index (χ1n) is 41.6. The quantitative estimate of drug-likeness (QED) is 0.0176. The van der Waals surface area contributed by atoms with Crippen molar-refractivity contribution in [2.45, 2.75) is 312 Å². The molecule has 21 fully saturated rings. The van der Waals surface area contributed by atoms with Crippen LogP contribution in [0.25, 0.3) is 0 Å². The molecule has 0 spiro atoms. The molecule has 14 bridgehead atoms. The Morgan fingerprint density at radius 3 is 0.313 bits per heavy atom. The van der Waals surface area contributed by atoms with Crippen LogP contribution in [0.2, 0.25) is 0 Å². The number of esters is 14. The molecule has 35 atom stereocenters. The van der Waals surface area contributed by atoms with Crippen molar-refractivity contribution in [1.82, 2.24) is 0 Å². The maximum atomic E-state index is 13.9. The van der Waals surface area contributed by atoms with Gasteiger partial charge in [0.15, 0.2) is 129 Å². The Kier molecular flexibility index (Phi) is 43.2. The van der Waals surface area contributed by atoms with E-state index < -0.39 is 418 Å². The Bertz CT molecular complexity index is 4640. The Morgan fingerprint density at radius 1 is 0.156 bits per heavy atom. The van der Waals surface area contributed by atoms with Gasteiger partial charge in [-0.15, -0.1) is 0 Å². The lowest BCUT2D eigenvalue weighted by atomic mass is 9.94. The van der Waals surface area contributed by atoms with Crippen LogP contribution in [0.1, 0.15) is 96.9 Å². The summed E-state index contributed by atoms with van der Waals surface area (Å²) in [4.78, 5) is 194. The molecule has 21 saturated heterocycles. The van der Waals surface area contributed by atoms with Crippen molar-refractivity contribution >= 4 is 156 Å². The second-order valence-electron chi connectivity index (χ2n) is 31.5. The molecule has 21 aliphatic rings. The molecule has 0 amide bonds. The van der Waals surface area contributed by atoms with Crippen LogP contribution in [-0.4, -0.2) is 436 Å². The fourth-order valence-corrected chi connectivity index (χ4v) is 17.8. The fourth-order valence-electron chi connectivity index (χ4n) is 15.7. The predicted molar refractivity (Wildman–Crippen MR) is 435 cm³/mol. The van der Waals surface area contributed by atoms with Gasteiger partial charge in [0.2, 0.25) is 0 Å². The highest BCUT2D eigenvalue weighted by molar-refractivity contribution is 7.82. The number of carbonyl (C=O) groups is 14. The highest BCUT2D eigenvalue weighted by Crippen LogP contribution is 2.46. The Labute approximate surface area is 830 Å². The topological polar surface area (TPSA) is 943 Å². The number of hydrogen-bond donors (Lipinski definition) is 7. The van der Waals surface area contributed by atoms with E-state index in [-0.39, 0.29) is 0 Å². The average molecular weight is 2280 g/mol. The summed E-state index contributed by atoms with van der Waals surface area (Å²) in [7, 11) is -42.0. The number of carbonyl (C=O) groups excluding carboxylic acids is 14. The van der Waals surface area contributed by atoms with Gasteiger partial charge in [-0.25, -0.2) is 29.3 Å². The molecule has 7 N–H and O–H groups in total. The lowest BCUT2D eigenvalue weighted by molar-refractivity contribution is -0.396. The van der Waals surface area contributed by atoms with Crippen LogP contribution in [0.15, 0.2) is 0 Å². The van der Waals surface area contributed by atoms with Crippen LogP contribution in [-0.2, 0) is 302 Å². The van der Waals surface area contributed by atoms with Crippen LogP contribution >= 0.6 is 0 Å². The van der Waals surface area contributed by atoms with Gasteiger partial charge in [-0.05, 0) is 0 Å². The third-order valence-electron chi connectivity index (χ3n) is 20.1. The molecular weight excluding hydrogens is 2190 g/mol. The van der Waals surface area contributed by atoms with Gasteiger partial charge in [0.1, 0.15) is 85.5 Å². The lowest BCUT2D eigenvalue weighted by Crippen LogP contribution is -2.70. The SMILES string of the molecule is CC(=O)O[C@@H]1[C@H]2O[C@H]3O[C@H](COS(=O)(=O)O)[C@@H](O[C@H]4O[C@H](COS(=O)(=O)O)[C@@H](O[C@H]5OC(COS(=O)(=O)O)[C@@H](O[C@H]6OC(COS(=O)(=O)O)[C@@H](O[C@H]7O[C@H](COS(=O)(=O)O)[C@@H](O[C@H]8OC(COS(=O)(=O)O)[C@@H](O[C@H](O[C@@H]2COS(=O)(=O)O)[C@@H]1OC(C)=O)[C@H](OC(C)=O)[C@H]8OC(C)=O)[C@H](OC(C)=O)[C@H]7OC(C)=O)[C@H](OC(C)=O)[C@H]6OC(C)=O)[C@H](OC(C)=O)[C@H]5OC(C)=O)[C@H](OC(C)=O)[C@H]4OC(C)=O)[C@H](OC(C)=O)[C@H]3OC(C)=O. The minimum absolute atomic E-state index is 0.538. The largest absolute Gasteiger partial charge is 0.455 e. The monoisotopic (exact) mass is 2280 g/mol. The van der Waals surface area contributed by atoms with Crippen LogP contribution in [0, 0.1) is 0 Å². The highest BCUT2D eigenvalue weighted by atomic mass is 32.3. The molecule has 0 aromatic carbocycles. The van der Waals surface area contributed by atoms with E-state index in [1.165, 1.54) is 0 Å². The molecule has 0 saturated carbocycles. The van der Waals surface area contributed by atoms with E-state index in [0.717, 1.165) is 0 Å². The summed E-state index contributed by atoms with van der Waals surface area (Å²) in [5.41, 5.74) is 0. The van der Waals surface area contributed by atoms with E-state index >= 15 is 0 Å². The van der Waals surface area contributed by atoms with Gasteiger partial charge in [-0.2, -0.15) is 58.9 Å². The second kappa shape index (κ2) is 51.5. The normalized spacial score (nSPS) is 34.7. The zero-order valence-corrected chi connectivity index (χ0v) is 83.6. The van der Waals surface area contributed by atoms with Gasteiger partial charge in [-0.3, -0.25) is 99.0 Å². The van der Waals surface area contributed by atoms with Gasteiger partial charge in [0.25, 0.3) is 0 Å². The zero-order valence-electron chi connectivity index (χ0n) is 77.9. The van der Waals surface area contributed by atoms with Crippen molar-refractivity contribution in [3.8, 4) is 0 Å². The fraction of sp³-hybridized carbons (Fsp3) is 0.800. The lowest BCUT2D eigenvalue weighted by Gasteiger charge is -2.52. The van der Waals surface area contributed by atoms with Crippen LogP contribution < -0.4 is 0 Å². The third-order valence-corrected chi connectivity index (χ3v) is 23.1. The predicted octanol–water partition coefficient (Wildman–Crippen LogP) is -8.45. The average Bonchev–Trinajstić information content (AvgIpc) is 0.850. The van der Waals surface area contributed by atoms with E-state index in [1.807, 2.05) is 0 Å². The standard InChI is InChI=1S/C70H98O70S7/c1-22(71)113-50-43-36(15-106-141(85,86)87)127-64(57(50)120-29(8)78)135-44-37(16-107-142(88,89)90)129-66(59(122-31(10)80)51(44)114-23(2)72)137-46-39(18-109-144(94,95)96)131-68(61(124-33(12)82)53(46)116-25(4)74)139-48-41(20-111-146(100,101)102)133-70(63(126-35(14)84)55(48)118-27(6)76)140-49-42(21-112-147(103,104)105)132-69(62(125-34(13)83)56(49)119-28(7)77)138-47-40(19-110-145(97,98)99)130-67(60(123-32(11)81)54(47)117-26(5)75)136-45-38(17-108-143(91,92)93)128-65(134-43)58(121-30(9)79)52(45)115-24(3)73/h36-70H,15-21H2,1-14H3,(H,85,86,87)(H,88,89,90)(H,91,92,93)(H,94,95,96)(H,97,98,99)(H,100,101,102)(H,103,104,105)/t36-,37-,38-,39?,40?,41-,42?,43-,44+,45-,46-,47-,48-,49-,50+,51-,52+,53+,54+,55+,56+,57-,58-,59-,60-,61-,62-,63-,64-,65-,66+,67-,68-,69-,70-/m1/s1. The number of ether oxygens (including phenoxy) is 28. The number of hydrogen-bond acceptors (Lipinski definition) is 63. The smallest absolute Gasteiger partial charge is 0.397 e. The molecule has 840 valence electrons. The molecule has 21 heterocycles. The van der Waals surface area contributed by atoms with Gasteiger partial charge in [0.05, 0.1) is 46.2 Å². The maximum Gasteiger partial charge on any atom is 0.397 e. The van der Waals surface area contributed by atoms with E-state index in [0.29, 0.717) is 96.9 Å². The molecule has 147 heavy (non-hydrogen) atoms. The van der Waals surface area contributed by atoms with Gasteiger partial charge < -0.3 is 133 Å². The van der Waals surface area contributed by atoms with Crippen molar-refractivity contribution < 1.29 is 320 Å². The van der Waals surface area contributed by atoms with Gasteiger partial charge in [-0.1, -0.05) is 0 Å². The molecule has 0 aromatic heterocycles. The first kappa shape index (κ1) is 123. The summed E-state index contributed by atoms with van der Waals surface area (Å²) in [6.45, 7) is -5.59. The van der Waals surface area contributed by atoms with Crippen molar-refractivity contribution in [1.29, 1.82) is 0 Å². The third kappa shape index (κ3) is 37.9. The first-order chi connectivity index (χ1) is 67.7. The van der Waals surface area contributed by atoms with E-state index in [9.17, 15) is 158 Å². The van der Waals surface area contributed by atoms with Crippen LogP contribution in [0.4, 0.5) is 0 Å². The maximum absolute atomic E-state index is 13.9. The summed E-state index contributed by atoms with van der Waals surface area (Å²) < 4.78 is 452. The summed E-state index contributed by atoms with van der Waals surface area (Å²) >= 11 is 0. The van der Waals surface area contributed by atoms with Gasteiger partial charge >= 0.3 is 156 Å². The second-order valence-corrected chi connectivity index (χ2v) is 39.2. The van der Waals surface area contributed by atoms with Crippen molar-refractivity contribution in [3.63, 3.8) is 0 Å². The summed E-state index contributed by atoms with van der Waals surface area (Å²) in [6.07, 6.45) is -99.6. The van der Waals surface area contributed by atoms with Gasteiger partial charge in [0, 0.05) is 96.9 Å². The molecule has 3 unspecified atom stereocenters. The van der Waals surface area contributed by atoms with Crippen molar-refractivity contribution in [3.05, 3.63) is 0 Å². The molecular formula is C70H98O70S7. The first-order valence-corrected chi connectivity index (χ1v) is 51.2. The number of rotatable bonds is 35. The zero-order chi connectivity index (χ0) is 110. The molecule has 70 nitrogen and oxygen atoms in total. The summed E-state index contributed by atoms with van der Waals surface area (Å²) in [5, 5.41) is 0. The molecule has 77 heteroatoms. The summed E-state index contributed by atoms with van der Waals surface area (Å²) in [5.74, 6) is -22.6. The van der Waals surface area contributed by atoms with Crippen LogP contribution in [0.5, 0.6) is 0 Å². The molecule has 0 aromatic rings. The minimum atomic E-state index is -5.99. The van der Waals surface area contributed by atoms with Crippen molar-refractivity contribution in [2.24, 2.45) is 0 Å². The Hall–Kier alpha value is -8.89. The van der Waals surface area contributed by atoms with Crippen LogP contribution in [0.3, 0.4) is 0 Å². The molecule has 0 radical (unpaired) electrons. The Morgan fingerprint density at radius 2 is 0.238 bits per heavy atom. The Balaban J connectivity index is 1.56. The van der Waals surface area contributed by atoms with E-state index in [1.54, 1.807) is 0 Å². The highest BCUT2D eigenvalue weighted by Gasteiger charge is 2.67. The minimum Gasteiger partial charge on any atom is -0.455 e.